The number of aromatic amines is 1. The maximum atomic E-state index is 13.1. The molecule has 68 valence electrons. The van der Waals surface area contributed by atoms with E-state index in [9.17, 15) is 8.78 Å². The summed E-state index contributed by atoms with van der Waals surface area (Å²) in [6, 6.07) is 0.886. The molecule has 0 amide bonds. The summed E-state index contributed by atoms with van der Waals surface area (Å²) in [7, 11) is 0. The minimum absolute atomic E-state index is 0.393. The number of hydrogen-bond acceptors (Lipinski definition) is 2. The first-order valence-electron chi connectivity index (χ1n) is 3.57. The van der Waals surface area contributed by atoms with Crippen molar-refractivity contribution in [1.82, 2.24) is 4.98 Å². The van der Waals surface area contributed by atoms with Gasteiger partial charge in [-0.25, -0.2) is 8.78 Å². The van der Waals surface area contributed by atoms with Gasteiger partial charge in [0.2, 0.25) is 0 Å². The van der Waals surface area contributed by atoms with Gasteiger partial charge in [-0.2, -0.15) is 0 Å². The standard InChI is InChI=1S/C8H5F2NS2/c1-3-4(9)2-5(10)7-6(3)11-8(12)13-7/h2H,1H3,(H,11,12). The molecule has 0 unspecified atom stereocenters. The van der Waals surface area contributed by atoms with Crippen LogP contribution in [0.4, 0.5) is 8.78 Å². The fourth-order valence-corrected chi connectivity index (χ4v) is 2.32. The van der Waals surface area contributed by atoms with Gasteiger partial charge >= 0.3 is 0 Å². The van der Waals surface area contributed by atoms with Crippen LogP contribution in [0.2, 0.25) is 0 Å². The summed E-state index contributed by atoms with van der Waals surface area (Å²) >= 11 is 5.97. The smallest absolute Gasteiger partial charge is 0.159 e. The number of nitrogens with one attached hydrogen (secondary N) is 1. The van der Waals surface area contributed by atoms with E-state index in [1.807, 2.05) is 0 Å². The van der Waals surface area contributed by atoms with Gasteiger partial charge < -0.3 is 4.98 Å². The van der Waals surface area contributed by atoms with Gasteiger partial charge in [0, 0.05) is 11.6 Å². The predicted octanol–water partition coefficient (Wildman–Crippen LogP) is 3.55. The average Bonchev–Trinajstić information content (AvgIpc) is 2.44. The van der Waals surface area contributed by atoms with E-state index < -0.39 is 11.6 Å². The van der Waals surface area contributed by atoms with Crippen molar-refractivity contribution in [3.05, 3.63) is 27.2 Å². The number of aromatic nitrogens is 1. The van der Waals surface area contributed by atoms with Gasteiger partial charge in [-0.3, -0.25) is 0 Å². The molecule has 5 heteroatoms. The Morgan fingerprint density at radius 1 is 1.38 bits per heavy atom. The zero-order valence-electron chi connectivity index (χ0n) is 6.65. The molecular weight excluding hydrogens is 212 g/mol. The van der Waals surface area contributed by atoms with Crippen LogP contribution in [-0.2, 0) is 0 Å². The normalized spacial score (nSPS) is 11.0. The van der Waals surface area contributed by atoms with Gasteiger partial charge in [0.15, 0.2) is 3.95 Å². The van der Waals surface area contributed by atoms with Crippen LogP contribution in [0.15, 0.2) is 6.07 Å². The van der Waals surface area contributed by atoms with Crippen molar-refractivity contribution in [3.63, 3.8) is 0 Å². The molecule has 1 aromatic carbocycles. The lowest BCUT2D eigenvalue weighted by atomic mass is 10.2. The van der Waals surface area contributed by atoms with E-state index in [1.165, 1.54) is 0 Å². The summed E-state index contributed by atoms with van der Waals surface area (Å²) in [5.41, 5.74) is 0.872. The lowest BCUT2D eigenvalue weighted by Crippen LogP contribution is -1.86. The zero-order chi connectivity index (χ0) is 9.59. The molecule has 0 saturated carbocycles. The maximum absolute atomic E-state index is 13.1. The molecule has 0 aliphatic carbocycles. The van der Waals surface area contributed by atoms with Crippen molar-refractivity contribution in [3.8, 4) is 0 Å². The molecule has 1 heterocycles. The minimum atomic E-state index is -0.560. The van der Waals surface area contributed by atoms with Crippen LogP contribution in [0.3, 0.4) is 0 Å². The second-order valence-corrected chi connectivity index (χ2v) is 4.37. The average molecular weight is 217 g/mol. The molecule has 2 rings (SSSR count). The fourth-order valence-electron chi connectivity index (χ4n) is 1.16. The van der Waals surface area contributed by atoms with Crippen LogP contribution in [0.5, 0.6) is 0 Å². The van der Waals surface area contributed by atoms with Gasteiger partial charge in [-0.1, -0.05) is 0 Å². The Balaban J connectivity index is 3.04. The molecule has 0 spiro atoms. The van der Waals surface area contributed by atoms with E-state index in [0.29, 0.717) is 19.7 Å². The second-order valence-electron chi connectivity index (χ2n) is 2.68. The SMILES string of the molecule is Cc1c(F)cc(F)c2sc(=S)[nH]c12. The molecular formula is C8H5F2NS2. The van der Waals surface area contributed by atoms with E-state index in [4.69, 9.17) is 12.2 Å². The van der Waals surface area contributed by atoms with Crippen molar-refractivity contribution in [2.45, 2.75) is 6.92 Å². The summed E-state index contributed by atoms with van der Waals surface area (Å²) in [6.45, 7) is 1.59. The number of thiazole rings is 1. The number of halogens is 2. The molecule has 0 bridgehead atoms. The number of aryl methyl sites for hydroxylation is 1. The van der Waals surface area contributed by atoms with E-state index in [-0.39, 0.29) is 0 Å². The topological polar surface area (TPSA) is 15.8 Å². The molecule has 1 N–H and O–H groups in total. The highest BCUT2D eigenvalue weighted by Crippen LogP contribution is 2.27. The highest BCUT2D eigenvalue weighted by atomic mass is 32.1. The first kappa shape index (κ1) is 8.77. The van der Waals surface area contributed by atoms with E-state index in [0.717, 1.165) is 17.4 Å². The second kappa shape index (κ2) is 2.85. The fraction of sp³-hybridized carbons (Fsp3) is 0.125. The summed E-state index contributed by atoms with van der Waals surface area (Å²) in [4.78, 5) is 2.76. The first-order valence-corrected chi connectivity index (χ1v) is 4.79. The number of rotatable bonds is 0. The number of fused-ring (bicyclic) bond motifs is 1. The van der Waals surface area contributed by atoms with E-state index in [1.54, 1.807) is 6.92 Å². The molecule has 1 aromatic heterocycles. The monoisotopic (exact) mass is 217 g/mol. The summed E-state index contributed by atoms with van der Waals surface area (Å²) in [6.07, 6.45) is 0. The summed E-state index contributed by atoms with van der Waals surface area (Å²) < 4.78 is 27.0. The Bertz CT molecular complexity index is 527. The van der Waals surface area contributed by atoms with E-state index >= 15 is 0 Å². The van der Waals surface area contributed by atoms with Crippen molar-refractivity contribution >= 4 is 33.8 Å². The molecule has 13 heavy (non-hydrogen) atoms. The first-order chi connectivity index (χ1) is 6.09. The Labute approximate surface area is 82.0 Å². The van der Waals surface area contributed by atoms with Gasteiger partial charge in [0.05, 0.1) is 10.2 Å². The molecule has 1 nitrogen and oxygen atoms in total. The predicted molar refractivity (Wildman–Crippen MR) is 51.7 cm³/mol. The van der Waals surface area contributed by atoms with Gasteiger partial charge in [0.1, 0.15) is 11.6 Å². The highest BCUT2D eigenvalue weighted by molar-refractivity contribution is 7.73. The Hall–Kier alpha value is -0.810. The summed E-state index contributed by atoms with van der Waals surface area (Å²) in [5, 5.41) is 0. The molecule has 0 saturated heterocycles. The van der Waals surface area contributed by atoms with Crippen molar-refractivity contribution in [2.75, 3.05) is 0 Å². The van der Waals surface area contributed by atoms with Crippen molar-refractivity contribution in [1.29, 1.82) is 0 Å². The number of H-pyrrole nitrogens is 1. The molecule has 0 radical (unpaired) electrons. The van der Waals surface area contributed by atoms with Crippen molar-refractivity contribution in [2.24, 2.45) is 0 Å². The van der Waals surface area contributed by atoms with Crippen LogP contribution >= 0.6 is 23.6 Å². The summed E-state index contributed by atoms with van der Waals surface area (Å²) in [5.74, 6) is -1.11. The van der Waals surface area contributed by atoms with Gasteiger partial charge in [0.25, 0.3) is 0 Å². The lowest BCUT2D eigenvalue weighted by Gasteiger charge is -1.98. The van der Waals surface area contributed by atoms with Crippen LogP contribution < -0.4 is 0 Å². The van der Waals surface area contributed by atoms with E-state index in [2.05, 4.69) is 4.98 Å². The van der Waals surface area contributed by atoms with Crippen LogP contribution in [-0.4, -0.2) is 4.98 Å². The van der Waals surface area contributed by atoms with Crippen LogP contribution in [0.25, 0.3) is 10.2 Å². The number of benzene rings is 1. The Kier molecular flexibility index (Phi) is 1.92. The van der Waals surface area contributed by atoms with Crippen LogP contribution in [0.1, 0.15) is 5.56 Å². The van der Waals surface area contributed by atoms with Crippen molar-refractivity contribution < 1.29 is 8.78 Å². The third-order valence-electron chi connectivity index (χ3n) is 1.85. The van der Waals surface area contributed by atoms with Crippen LogP contribution in [0, 0.1) is 22.5 Å². The quantitative estimate of drug-likeness (QED) is 0.667. The van der Waals surface area contributed by atoms with Gasteiger partial charge in [-0.15, -0.1) is 11.3 Å². The molecule has 0 aliphatic rings. The third kappa shape index (κ3) is 1.28. The third-order valence-corrected chi connectivity index (χ3v) is 3.10. The number of hydrogen-bond donors (Lipinski definition) is 1. The molecule has 0 aliphatic heterocycles. The molecule has 0 atom stereocenters. The van der Waals surface area contributed by atoms with Gasteiger partial charge in [-0.05, 0) is 19.1 Å². The highest BCUT2D eigenvalue weighted by Gasteiger charge is 2.10. The molecule has 0 fully saturated rings. The lowest BCUT2D eigenvalue weighted by molar-refractivity contribution is 0.587. The maximum Gasteiger partial charge on any atom is 0.159 e. The Morgan fingerprint density at radius 3 is 2.77 bits per heavy atom. The largest absolute Gasteiger partial charge is 0.337 e. The zero-order valence-corrected chi connectivity index (χ0v) is 8.28. The molecule has 2 aromatic rings. The Morgan fingerprint density at radius 2 is 2.08 bits per heavy atom. The minimum Gasteiger partial charge on any atom is -0.337 e.